The SMILES string of the molecule is Nc1nc2c(c(-c3cccnc3)n1)CCN2. The Morgan fingerprint density at radius 1 is 1.31 bits per heavy atom. The van der Waals surface area contributed by atoms with Crippen molar-refractivity contribution in [1.82, 2.24) is 15.0 Å². The summed E-state index contributed by atoms with van der Waals surface area (Å²) < 4.78 is 0. The number of hydrogen-bond donors (Lipinski definition) is 2. The lowest BCUT2D eigenvalue weighted by Crippen LogP contribution is -2.01. The highest BCUT2D eigenvalue weighted by Crippen LogP contribution is 2.30. The maximum absolute atomic E-state index is 5.69. The fourth-order valence-corrected chi connectivity index (χ4v) is 1.93. The van der Waals surface area contributed by atoms with Gasteiger partial charge in [0.1, 0.15) is 5.82 Å². The van der Waals surface area contributed by atoms with Crippen LogP contribution in [-0.2, 0) is 6.42 Å². The predicted octanol–water partition coefficient (Wildman–Crippen LogP) is 1.09. The zero-order chi connectivity index (χ0) is 11.0. The van der Waals surface area contributed by atoms with Crippen molar-refractivity contribution in [3.8, 4) is 11.3 Å². The molecule has 0 amide bonds. The highest BCUT2D eigenvalue weighted by Gasteiger charge is 2.19. The van der Waals surface area contributed by atoms with Crippen LogP contribution in [0.15, 0.2) is 24.5 Å². The topological polar surface area (TPSA) is 76.7 Å². The van der Waals surface area contributed by atoms with Crippen molar-refractivity contribution in [3.63, 3.8) is 0 Å². The summed E-state index contributed by atoms with van der Waals surface area (Å²) in [6.45, 7) is 0.890. The summed E-state index contributed by atoms with van der Waals surface area (Å²) in [7, 11) is 0. The molecule has 0 fully saturated rings. The number of nitrogens with one attached hydrogen (secondary N) is 1. The van der Waals surface area contributed by atoms with Crippen molar-refractivity contribution in [2.45, 2.75) is 6.42 Å². The van der Waals surface area contributed by atoms with Gasteiger partial charge in [-0.15, -0.1) is 0 Å². The Labute approximate surface area is 92.8 Å². The van der Waals surface area contributed by atoms with Crippen LogP contribution in [0.4, 0.5) is 11.8 Å². The van der Waals surface area contributed by atoms with Crippen molar-refractivity contribution in [1.29, 1.82) is 0 Å². The molecule has 2 aromatic rings. The molecular weight excluding hydrogens is 202 g/mol. The van der Waals surface area contributed by atoms with Gasteiger partial charge in [-0.2, -0.15) is 4.98 Å². The molecule has 0 radical (unpaired) electrons. The minimum atomic E-state index is 0.298. The van der Waals surface area contributed by atoms with Crippen LogP contribution < -0.4 is 11.1 Å². The van der Waals surface area contributed by atoms with E-state index in [0.29, 0.717) is 5.95 Å². The molecule has 0 bridgehead atoms. The summed E-state index contributed by atoms with van der Waals surface area (Å²) in [5, 5.41) is 3.20. The molecule has 5 nitrogen and oxygen atoms in total. The lowest BCUT2D eigenvalue weighted by molar-refractivity contribution is 1.09. The van der Waals surface area contributed by atoms with Crippen LogP contribution in [0.1, 0.15) is 5.56 Å². The Balaban J connectivity index is 2.21. The number of aromatic nitrogens is 3. The van der Waals surface area contributed by atoms with Crippen LogP contribution in [0.2, 0.25) is 0 Å². The molecule has 16 heavy (non-hydrogen) atoms. The monoisotopic (exact) mass is 213 g/mol. The highest BCUT2D eigenvalue weighted by atomic mass is 15.1. The van der Waals surface area contributed by atoms with Crippen molar-refractivity contribution in [3.05, 3.63) is 30.1 Å². The zero-order valence-electron chi connectivity index (χ0n) is 8.64. The van der Waals surface area contributed by atoms with Crippen LogP contribution in [-0.4, -0.2) is 21.5 Å². The average molecular weight is 213 g/mol. The molecule has 1 aliphatic heterocycles. The summed E-state index contributed by atoms with van der Waals surface area (Å²) in [5.74, 6) is 1.15. The van der Waals surface area contributed by atoms with Gasteiger partial charge in [0.25, 0.3) is 0 Å². The largest absolute Gasteiger partial charge is 0.369 e. The third-order valence-electron chi connectivity index (χ3n) is 2.63. The van der Waals surface area contributed by atoms with Gasteiger partial charge >= 0.3 is 0 Å². The van der Waals surface area contributed by atoms with E-state index in [1.54, 1.807) is 12.4 Å². The smallest absolute Gasteiger partial charge is 0.222 e. The standard InChI is InChI=1S/C11H11N5/c12-11-15-9(7-2-1-4-13-6-7)8-3-5-14-10(8)16-11/h1-2,4,6H,3,5H2,(H3,12,14,15,16). The van der Waals surface area contributed by atoms with E-state index >= 15 is 0 Å². The number of fused-ring (bicyclic) bond motifs is 1. The first kappa shape index (κ1) is 9.08. The molecule has 1 aliphatic rings. The predicted molar refractivity (Wildman–Crippen MR) is 61.9 cm³/mol. The van der Waals surface area contributed by atoms with Crippen molar-refractivity contribution in [2.75, 3.05) is 17.6 Å². The Kier molecular flexibility index (Phi) is 1.96. The third-order valence-corrected chi connectivity index (χ3v) is 2.63. The minimum Gasteiger partial charge on any atom is -0.369 e. The third kappa shape index (κ3) is 1.37. The molecule has 3 rings (SSSR count). The molecule has 0 saturated heterocycles. The molecule has 5 heteroatoms. The number of hydrogen-bond acceptors (Lipinski definition) is 5. The second-order valence-corrected chi connectivity index (χ2v) is 3.68. The van der Waals surface area contributed by atoms with Gasteiger partial charge in [0.05, 0.1) is 5.69 Å². The van der Waals surface area contributed by atoms with E-state index in [4.69, 9.17) is 5.73 Å². The second kappa shape index (κ2) is 3.44. The Hall–Kier alpha value is -2.17. The van der Waals surface area contributed by atoms with Crippen LogP contribution in [0.5, 0.6) is 0 Å². The van der Waals surface area contributed by atoms with Gasteiger partial charge < -0.3 is 11.1 Å². The van der Waals surface area contributed by atoms with Gasteiger partial charge in [0.15, 0.2) is 0 Å². The summed E-state index contributed by atoms with van der Waals surface area (Å²) in [6.07, 6.45) is 4.47. The molecule has 0 saturated carbocycles. The highest BCUT2D eigenvalue weighted by molar-refractivity contribution is 5.71. The molecule has 2 aromatic heterocycles. The van der Waals surface area contributed by atoms with E-state index < -0.39 is 0 Å². The van der Waals surface area contributed by atoms with Crippen molar-refractivity contribution < 1.29 is 0 Å². The maximum atomic E-state index is 5.69. The summed E-state index contributed by atoms with van der Waals surface area (Å²) >= 11 is 0. The van der Waals surface area contributed by atoms with Crippen LogP contribution in [0.25, 0.3) is 11.3 Å². The Morgan fingerprint density at radius 3 is 3.06 bits per heavy atom. The van der Waals surface area contributed by atoms with Crippen LogP contribution in [0, 0.1) is 0 Å². The van der Waals surface area contributed by atoms with Gasteiger partial charge in [-0.25, -0.2) is 4.98 Å². The molecule has 0 aromatic carbocycles. The van der Waals surface area contributed by atoms with E-state index in [9.17, 15) is 0 Å². The van der Waals surface area contributed by atoms with Crippen molar-refractivity contribution in [2.24, 2.45) is 0 Å². The maximum Gasteiger partial charge on any atom is 0.222 e. The fourth-order valence-electron chi connectivity index (χ4n) is 1.93. The van der Waals surface area contributed by atoms with Gasteiger partial charge in [0.2, 0.25) is 5.95 Å². The first-order valence-electron chi connectivity index (χ1n) is 5.15. The number of pyridine rings is 1. The number of anilines is 2. The number of nitrogens with two attached hydrogens (primary N) is 1. The summed E-state index contributed by atoms with van der Waals surface area (Å²) in [6, 6.07) is 3.87. The molecule has 80 valence electrons. The molecule has 0 spiro atoms. The van der Waals surface area contributed by atoms with E-state index in [1.165, 1.54) is 0 Å². The first-order valence-corrected chi connectivity index (χ1v) is 5.15. The van der Waals surface area contributed by atoms with E-state index in [0.717, 1.165) is 35.6 Å². The molecule has 0 aliphatic carbocycles. The van der Waals surface area contributed by atoms with E-state index in [2.05, 4.69) is 20.3 Å². The lowest BCUT2D eigenvalue weighted by atomic mass is 10.1. The molecule has 3 N–H and O–H groups in total. The second-order valence-electron chi connectivity index (χ2n) is 3.68. The molecule has 0 atom stereocenters. The van der Waals surface area contributed by atoms with Gasteiger partial charge in [-0.05, 0) is 18.6 Å². The van der Waals surface area contributed by atoms with Crippen molar-refractivity contribution >= 4 is 11.8 Å². The Bertz CT molecular complexity index is 523. The fraction of sp³-hybridized carbons (Fsp3) is 0.182. The van der Waals surface area contributed by atoms with E-state index in [1.807, 2.05) is 12.1 Å². The molecule has 0 unspecified atom stereocenters. The summed E-state index contributed by atoms with van der Waals surface area (Å²) in [4.78, 5) is 12.6. The van der Waals surface area contributed by atoms with Crippen LogP contribution in [0.3, 0.4) is 0 Å². The number of nitrogen functional groups attached to an aromatic ring is 1. The summed E-state index contributed by atoms with van der Waals surface area (Å²) in [5.41, 5.74) is 8.69. The number of rotatable bonds is 1. The van der Waals surface area contributed by atoms with Gasteiger partial charge in [-0.3, -0.25) is 4.98 Å². The molecular formula is C11H11N5. The van der Waals surface area contributed by atoms with Crippen LogP contribution >= 0.6 is 0 Å². The Morgan fingerprint density at radius 2 is 2.25 bits per heavy atom. The first-order chi connectivity index (χ1) is 7.84. The van der Waals surface area contributed by atoms with Gasteiger partial charge in [-0.1, -0.05) is 0 Å². The molecule has 3 heterocycles. The minimum absolute atomic E-state index is 0.298. The average Bonchev–Trinajstić information content (AvgIpc) is 2.77. The number of nitrogens with zero attached hydrogens (tertiary/aromatic N) is 3. The lowest BCUT2D eigenvalue weighted by Gasteiger charge is -2.06. The van der Waals surface area contributed by atoms with E-state index in [-0.39, 0.29) is 0 Å². The normalized spacial score (nSPS) is 13.2. The quantitative estimate of drug-likeness (QED) is 0.741. The van der Waals surface area contributed by atoms with Gasteiger partial charge in [0, 0.05) is 30.1 Å². The zero-order valence-corrected chi connectivity index (χ0v) is 8.64.